The topological polar surface area (TPSA) is 75.2 Å². The Morgan fingerprint density at radius 3 is 2.88 bits per heavy atom. The number of carbonyl (C=O) groups is 1. The van der Waals surface area contributed by atoms with Gasteiger partial charge in [-0.1, -0.05) is 13.8 Å². The van der Waals surface area contributed by atoms with Gasteiger partial charge in [0.05, 0.1) is 12.1 Å². The van der Waals surface area contributed by atoms with Gasteiger partial charge in [-0.2, -0.15) is 4.98 Å². The van der Waals surface area contributed by atoms with Gasteiger partial charge in [0.2, 0.25) is 0 Å². The summed E-state index contributed by atoms with van der Waals surface area (Å²) in [6.07, 6.45) is 1.66. The van der Waals surface area contributed by atoms with E-state index in [4.69, 9.17) is 9.84 Å². The molecule has 0 unspecified atom stereocenters. The van der Waals surface area contributed by atoms with Gasteiger partial charge in [-0.05, 0) is 12.8 Å². The van der Waals surface area contributed by atoms with Gasteiger partial charge >= 0.3 is 5.97 Å². The number of thiophene rings is 1. The van der Waals surface area contributed by atoms with E-state index >= 15 is 0 Å². The predicted molar refractivity (Wildman–Crippen MR) is 66.1 cm³/mol. The van der Waals surface area contributed by atoms with Gasteiger partial charge in [0.15, 0.2) is 0 Å². The second-order valence-corrected chi connectivity index (χ2v) is 4.73. The molecule has 0 aliphatic carbocycles. The molecular weight excluding hydrogens is 240 g/mol. The van der Waals surface area contributed by atoms with Crippen LogP contribution >= 0.6 is 11.3 Å². The maximum Gasteiger partial charge on any atom is 0.348 e. The molecule has 2 heterocycles. The van der Waals surface area contributed by atoms with Crippen molar-refractivity contribution in [2.24, 2.45) is 0 Å². The smallest absolute Gasteiger partial charge is 0.348 e. The molecule has 2 aromatic heterocycles. The third kappa shape index (κ3) is 2.12. The summed E-state index contributed by atoms with van der Waals surface area (Å²) in [5, 5.41) is 9.10. The first-order chi connectivity index (χ1) is 8.17. The van der Waals surface area contributed by atoms with Crippen LogP contribution in [0.15, 0.2) is 0 Å². The monoisotopic (exact) mass is 254 g/mol. The Kier molecular flexibility index (Phi) is 3.33. The average molecular weight is 254 g/mol. The van der Waals surface area contributed by atoms with Crippen molar-refractivity contribution in [2.45, 2.75) is 26.7 Å². The summed E-state index contributed by atoms with van der Waals surface area (Å²) in [6, 6.07) is 0.404. The molecule has 0 spiro atoms. The molecule has 92 valence electrons. The summed E-state index contributed by atoms with van der Waals surface area (Å²) >= 11 is 1.27. The molecule has 2 N–H and O–H groups in total. The highest BCUT2D eigenvalue weighted by Gasteiger charge is 2.19. The minimum absolute atomic E-state index is 0.302. The van der Waals surface area contributed by atoms with Crippen LogP contribution in [-0.4, -0.2) is 27.7 Å². The number of aryl methyl sites for hydroxylation is 1. The number of hydrogen-bond acceptors (Lipinski definition) is 4. The van der Waals surface area contributed by atoms with E-state index < -0.39 is 5.97 Å². The van der Waals surface area contributed by atoms with Crippen LogP contribution in [0.2, 0.25) is 0 Å². The number of aromatic amines is 1. The van der Waals surface area contributed by atoms with E-state index in [-0.39, 0.29) is 0 Å². The number of hydrogen-bond donors (Lipinski definition) is 2. The molecule has 17 heavy (non-hydrogen) atoms. The van der Waals surface area contributed by atoms with Crippen LogP contribution in [-0.2, 0) is 6.42 Å². The molecule has 5 nitrogen and oxygen atoms in total. The number of aromatic carboxylic acids is 1. The Bertz CT molecular complexity index is 544. The summed E-state index contributed by atoms with van der Waals surface area (Å²) in [5.74, 6) is -0.926. The van der Waals surface area contributed by atoms with Crippen molar-refractivity contribution in [3.05, 3.63) is 9.75 Å². The summed E-state index contributed by atoms with van der Waals surface area (Å²) in [6.45, 7) is 4.56. The Labute approximate surface area is 102 Å². The Hall–Kier alpha value is -1.56. The minimum atomic E-state index is -0.926. The first-order valence-electron chi connectivity index (χ1n) is 5.54. The normalized spacial score (nSPS) is 10.9. The number of fused-ring (bicyclic) bond motifs is 1. The fourth-order valence-electron chi connectivity index (χ4n) is 1.60. The van der Waals surface area contributed by atoms with E-state index in [1.165, 1.54) is 11.3 Å². The van der Waals surface area contributed by atoms with E-state index in [0.717, 1.165) is 23.2 Å². The zero-order valence-corrected chi connectivity index (χ0v) is 10.6. The molecule has 2 aromatic rings. The lowest BCUT2D eigenvalue weighted by Crippen LogP contribution is -1.97. The Morgan fingerprint density at radius 2 is 2.29 bits per heavy atom. The largest absolute Gasteiger partial charge is 0.477 e. The summed E-state index contributed by atoms with van der Waals surface area (Å²) in [5.41, 5.74) is 1.30. The summed E-state index contributed by atoms with van der Waals surface area (Å²) in [7, 11) is 0. The highest BCUT2D eigenvalue weighted by atomic mass is 32.1. The Morgan fingerprint density at radius 1 is 1.53 bits per heavy atom. The van der Waals surface area contributed by atoms with E-state index in [1.54, 1.807) is 0 Å². The highest BCUT2D eigenvalue weighted by Crippen LogP contribution is 2.31. The number of carboxylic acids is 1. The molecule has 0 aliphatic heterocycles. The summed E-state index contributed by atoms with van der Waals surface area (Å²) < 4.78 is 5.38. The van der Waals surface area contributed by atoms with Crippen molar-refractivity contribution < 1.29 is 14.6 Å². The number of carboxylic acid groups (broad SMARTS) is 1. The maximum absolute atomic E-state index is 11.1. The van der Waals surface area contributed by atoms with Crippen LogP contribution in [0, 0.1) is 0 Å². The fraction of sp³-hybridized carbons (Fsp3) is 0.455. The molecule has 0 saturated heterocycles. The molecule has 0 bridgehead atoms. The zero-order chi connectivity index (χ0) is 12.4. The van der Waals surface area contributed by atoms with Gasteiger partial charge in [-0.15, -0.1) is 11.3 Å². The number of H-pyrrole nitrogens is 1. The van der Waals surface area contributed by atoms with Crippen LogP contribution in [0.5, 0.6) is 6.01 Å². The van der Waals surface area contributed by atoms with Gasteiger partial charge in [0.25, 0.3) is 6.01 Å². The molecule has 0 amide bonds. The molecule has 0 aromatic carbocycles. The van der Waals surface area contributed by atoms with Crippen LogP contribution < -0.4 is 4.74 Å². The first-order valence-corrected chi connectivity index (χ1v) is 6.36. The molecule has 0 atom stereocenters. The molecule has 0 radical (unpaired) electrons. The minimum Gasteiger partial charge on any atom is -0.477 e. The standard InChI is InChI=1S/C11H14N2O3S/c1-3-5-16-11-12-7-6(4-2)17-9(10(14)15)8(7)13-11/h3-5H2,1-2H3,(H,12,13)(H,14,15). The Balaban J connectivity index is 2.47. The van der Waals surface area contributed by atoms with Gasteiger partial charge < -0.3 is 14.8 Å². The van der Waals surface area contributed by atoms with Crippen LogP contribution in [0.1, 0.15) is 34.8 Å². The zero-order valence-electron chi connectivity index (χ0n) is 9.74. The molecule has 0 saturated carbocycles. The average Bonchev–Trinajstić information content (AvgIpc) is 2.83. The van der Waals surface area contributed by atoms with E-state index in [0.29, 0.717) is 23.0 Å². The SMILES string of the molecule is CCCOc1nc2c(CC)sc(C(=O)O)c2[nH]1. The third-order valence-corrected chi connectivity index (χ3v) is 3.67. The highest BCUT2D eigenvalue weighted by molar-refractivity contribution is 7.15. The van der Waals surface area contributed by atoms with Crippen LogP contribution in [0.3, 0.4) is 0 Å². The molecule has 0 fully saturated rings. The van der Waals surface area contributed by atoms with Crippen molar-refractivity contribution in [1.82, 2.24) is 9.97 Å². The lowest BCUT2D eigenvalue weighted by atomic mass is 10.3. The molecule has 0 aliphatic rings. The first kappa shape index (κ1) is 11.9. The van der Waals surface area contributed by atoms with E-state index in [1.807, 2.05) is 13.8 Å². The fourth-order valence-corrected chi connectivity index (χ4v) is 2.57. The maximum atomic E-state index is 11.1. The lowest BCUT2D eigenvalue weighted by Gasteiger charge is -1.97. The number of nitrogens with zero attached hydrogens (tertiary/aromatic N) is 1. The van der Waals surface area contributed by atoms with Crippen molar-refractivity contribution in [1.29, 1.82) is 0 Å². The number of nitrogens with one attached hydrogen (secondary N) is 1. The van der Waals surface area contributed by atoms with Crippen molar-refractivity contribution in [2.75, 3.05) is 6.61 Å². The summed E-state index contributed by atoms with van der Waals surface area (Å²) in [4.78, 5) is 19.6. The van der Waals surface area contributed by atoms with E-state index in [2.05, 4.69) is 9.97 Å². The number of ether oxygens (including phenoxy) is 1. The van der Waals surface area contributed by atoms with E-state index in [9.17, 15) is 4.79 Å². The van der Waals surface area contributed by atoms with Crippen molar-refractivity contribution >= 4 is 28.3 Å². The van der Waals surface area contributed by atoms with Crippen LogP contribution in [0.4, 0.5) is 0 Å². The lowest BCUT2D eigenvalue weighted by molar-refractivity contribution is 0.0704. The van der Waals surface area contributed by atoms with Gasteiger partial charge in [0.1, 0.15) is 10.4 Å². The predicted octanol–water partition coefficient (Wildman–Crippen LogP) is 2.67. The number of imidazole rings is 1. The molecule has 2 rings (SSSR count). The van der Waals surface area contributed by atoms with Gasteiger partial charge in [-0.3, -0.25) is 0 Å². The number of aromatic nitrogens is 2. The molecular formula is C11H14N2O3S. The van der Waals surface area contributed by atoms with Crippen molar-refractivity contribution in [3.8, 4) is 6.01 Å². The second-order valence-electron chi connectivity index (χ2n) is 3.63. The van der Waals surface area contributed by atoms with Gasteiger partial charge in [0, 0.05) is 4.88 Å². The van der Waals surface area contributed by atoms with Gasteiger partial charge in [-0.25, -0.2) is 4.79 Å². The molecule has 6 heteroatoms. The third-order valence-electron chi connectivity index (χ3n) is 2.36. The van der Waals surface area contributed by atoms with Crippen molar-refractivity contribution in [3.63, 3.8) is 0 Å². The second kappa shape index (κ2) is 4.75. The van der Waals surface area contributed by atoms with Crippen LogP contribution in [0.25, 0.3) is 11.0 Å². The quantitative estimate of drug-likeness (QED) is 0.860. The number of rotatable bonds is 5.